The maximum atomic E-state index is 12.3. The molecular weight excluding hydrogens is 453 g/mol. The van der Waals surface area contributed by atoms with Gasteiger partial charge in [-0.1, -0.05) is 23.2 Å². The molecule has 1 atom stereocenters. The molecule has 0 unspecified atom stereocenters. The number of amides is 3. The van der Waals surface area contributed by atoms with Gasteiger partial charge in [-0.2, -0.15) is 0 Å². The highest BCUT2D eigenvalue weighted by Gasteiger charge is 2.33. The Morgan fingerprint density at radius 2 is 1.87 bits per heavy atom. The van der Waals surface area contributed by atoms with E-state index in [2.05, 4.69) is 5.32 Å². The molecule has 0 radical (unpaired) electrons. The number of cyclic esters (lactones) is 1. The maximum Gasteiger partial charge on any atom is 0.414 e. The monoisotopic (exact) mass is 469 g/mol. The van der Waals surface area contributed by atoms with Crippen LogP contribution in [0.15, 0.2) is 30.3 Å². The summed E-state index contributed by atoms with van der Waals surface area (Å²) in [6.07, 6.45) is -1.00. The third-order valence-corrected chi connectivity index (χ3v) is 6.36. The average Bonchev–Trinajstić information content (AvgIpc) is 3.28. The van der Waals surface area contributed by atoms with Crippen LogP contribution in [-0.4, -0.2) is 56.9 Å². The lowest BCUT2D eigenvalue weighted by Gasteiger charge is -2.27. The molecule has 2 fully saturated rings. The molecule has 1 aromatic carbocycles. The van der Waals surface area contributed by atoms with Crippen LogP contribution in [0.1, 0.15) is 9.67 Å². The summed E-state index contributed by atoms with van der Waals surface area (Å²) >= 11 is 12.9. The Morgan fingerprint density at radius 1 is 1.17 bits per heavy atom. The molecule has 30 heavy (non-hydrogen) atoms. The fourth-order valence-corrected chi connectivity index (χ4v) is 4.69. The first-order valence-electron chi connectivity index (χ1n) is 9.11. The van der Waals surface area contributed by atoms with Gasteiger partial charge in [0.25, 0.3) is 11.8 Å². The summed E-state index contributed by atoms with van der Waals surface area (Å²) in [4.78, 5) is 39.9. The Balaban J connectivity index is 1.36. The molecule has 158 valence electrons. The van der Waals surface area contributed by atoms with Crippen molar-refractivity contribution in [2.24, 2.45) is 0 Å². The van der Waals surface area contributed by atoms with Crippen molar-refractivity contribution in [1.29, 1.82) is 0 Å². The van der Waals surface area contributed by atoms with Crippen molar-refractivity contribution >= 4 is 63.8 Å². The van der Waals surface area contributed by atoms with Gasteiger partial charge in [-0.05, 0) is 30.3 Å². The van der Waals surface area contributed by atoms with Gasteiger partial charge in [0, 0.05) is 17.9 Å². The Labute approximate surface area is 186 Å². The number of carbonyl (C=O) groups is 3. The Kier molecular flexibility index (Phi) is 6.14. The van der Waals surface area contributed by atoms with Gasteiger partial charge in [-0.15, -0.1) is 11.3 Å². The summed E-state index contributed by atoms with van der Waals surface area (Å²) in [5, 5.41) is 3.00. The number of hydrogen-bond acceptors (Lipinski definition) is 6. The van der Waals surface area contributed by atoms with E-state index < -0.39 is 12.2 Å². The quantitative estimate of drug-likeness (QED) is 0.726. The molecule has 11 heteroatoms. The van der Waals surface area contributed by atoms with Crippen LogP contribution in [0.3, 0.4) is 0 Å². The first-order valence-corrected chi connectivity index (χ1v) is 10.7. The van der Waals surface area contributed by atoms with E-state index >= 15 is 0 Å². The van der Waals surface area contributed by atoms with Crippen molar-refractivity contribution in [1.82, 2.24) is 5.32 Å². The number of morpholine rings is 1. The third-order valence-electron chi connectivity index (χ3n) is 4.69. The molecule has 2 aromatic rings. The number of nitrogens with one attached hydrogen (secondary N) is 1. The predicted octanol–water partition coefficient (Wildman–Crippen LogP) is 3.17. The van der Waals surface area contributed by atoms with E-state index in [1.165, 1.54) is 11.0 Å². The Morgan fingerprint density at radius 3 is 2.50 bits per heavy atom. The molecule has 8 nitrogen and oxygen atoms in total. The first-order chi connectivity index (χ1) is 14.4. The second-order valence-corrected chi connectivity index (χ2v) is 8.76. The van der Waals surface area contributed by atoms with E-state index in [0.29, 0.717) is 28.1 Å². The molecule has 0 saturated carbocycles. The number of benzene rings is 1. The van der Waals surface area contributed by atoms with Gasteiger partial charge >= 0.3 is 6.09 Å². The SMILES string of the molecule is O=C(NC[C@H]1CN(c2ccc(N3CCOCC3=O)cc2)C(=O)O1)c1sc(Cl)cc1Cl. The molecule has 0 aliphatic carbocycles. The van der Waals surface area contributed by atoms with Crippen molar-refractivity contribution < 1.29 is 23.9 Å². The predicted molar refractivity (Wildman–Crippen MR) is 114 cm³/mol. The Hall–Kier alpha value is -2.33. The van der Waals surface area contributed by atoms with Crippen LogP contribution >= 0.6 is 34.5 Å². The minimum Gasteiger partial charge on any atom is -0.442 e. The van der Waals surface area contributed by atoms with E-state index in [-0.39, 0.29) is 36.5 Å². The fraction of sp³-hybridized carbons (Fsp3) is 0.316. The van der Waals surface area contributed by atoms with Crippen molar-refractivity contribution in [2.75, 3.05) is 42.6 Å². The van der Waals surface area contributed by atoms with E-state index in [4.69, 9.17) is 32.7 Å². The number of halogens is 2. The van der Waals surface area contributed by atoms with Gasteiger partial charge in [0.2, 0.25) is 0 Å². The molecule has 3 heterocycles. The lowest BCUT2D eigenvalue weighted by molar-refractivity contribution is -0.125. The summed E-state index contributed by atoms with van der Waals surface area (Å²) in [6, 6.07) is 8.59. The lowest BCUT2D eigenvalue weighted by atomic mass is 10.2. The van der Waals surface area contributed by atoms with Crippen molar-refractivity contribution in [2.45, 2.75) is 6.10 Å². The topological polar surface area (TPSA) is 88.2 Å². The second-order valence-electron chi connectivity index (χ2n) is 6.67. The summed E-state index contributed by atoms with van der Waals surface area (Å²) in [5.74, 6) is -0.469. The van der Waals surface area contributed by atoms with E-state index in [1.807, 2.05) is 0 Å². The zero-order chi connectivity index (χ0) is 21.3. The van der Waals surface area contributed by atoms with Crippen LogP contribution in [0, 0.1) is 0 Å². The smallest absolute Gasteiger partial charge is 0.414 e. The Bertz CT molecular complexity index is 981. The molecule has 1 aromatic heterocycles. The minimum absolute atomic E-state index is 0.0660. The van der Waals surface area contributed by atoms with Crippen molar-refractivity contribution in [3.8, 4) is 0 Å². The van der Waals surface area contributed by atoms with Crippen LogP contribution in [0.4, 0.5) is 16.2 Å². The van der Waals surface area contributed by atoms with Crippen LogP contribution in [0.2, 0.25) is 9.36 Å². The molecule has 4 rings (SSSR count). The molecular formula is C19H17Cl2N3O5S. The lowest BCUT2D eigenvalue weighted by Crippen LogP contribution is -2.41. The number of hydrogen-bond donors (Lipinski definition) is 1. The van der Waals surface area contributed by atoms with Crippen LogP contribution in [-0.2, 0) is 14.3 Å². The molecule has 1 N–H and O–H groups in total. The van der Waals surface area contributed by atoms with Gasteiger partial charge in [-0.3, -0.25) is 14.5 Å². The van der Waals surface area contributed by atoms with Crippen LogP contribution in [0.25, 0.3) is 0 Å². The molecule has 0 bridgehead atoms. The number of thiophene rings is 1. The maximum absolute atomic E-state index is 12.3. The fourth-order valence-electron chi connectivity index (χ4n) is 3.22. The highest BCUT2D eigenvalue weighted by Crippen LogP contribution is 2.30. The highest BCUT2D eigenvalue weighted by atomic mass is 35.5. The molecule has 2 aliphatic heterocycles. The van der Waals surface area contributed by atoms with Gasteiger partial charge in [0.15, 0.2) is 0 Å². The normalized spacial score (nSPS) is 19.2. The van der Waals surface area contributed by atoms with E-state index in [1.54, 1.807) is 29.2 Å². The van der Waals surface area contributed by atoms with E-state index in [9.17, 15) is 14.4 Å². The minimum atomic E-state index is -0.504. The first kappa shape index (κ1) is 20.9. The average molecular weight is 470 g/mol. The van der Waals surface area contributed by atoms with Gasteiger partial charge in [-0.25, -0.2) is 4.79 Å². The zero-order valence-corrected chi connectivity index (χ0v) is 17.9. The van der Waals surface area contributed by atoms with Crippen LogP contribution < -0.4 is 15.1 Å². The number of carbonyl (C=O) groups excluding carboxylic acids is 3. The van der Waals surface area contributed by atoms with Gasteiger partial charge in [0.1, 0.15) is 17.6 Å². The zero-order valence-electron chi connectivity index (χ0n) is 15.6. The summed E-state index contributed by atoms with van der Waals surface area (Å²) in [7, 11) is 0. The van der Waals surface area contributed by atoms with E-state index in [0.717, 1.165) is 17.0 Å². The van der Waals surface area contributed by atoms with Crippen molar-refractivity contribution in [3.63, 3.8) is 0 Å². The molecule has 0 spiro atoms. The number of anilines is 2. The largest absolute Gasteiger partial charge is 0.442 e. The number of rotatable bonds is 5. The highest BCUT2D eigenvalue weighted by molar-refractivity contribution is 7.18. The second kappa shape index (κ2) is 8.81. The van der Waals surface area contributed by atoms with Gasteiger partial charge < -0.3 is 19.7 Å². The third kappa shape index (κ3) is 4.39. The molecule has 2 saturated heterocycles. The summed E-state index contributed by atoms with van der Waals surface area (Å²) < 4.78 is 10.9. The van der Waals surface area contributed by atoms with Crippen LogP contribution in [0.5, 0.6) is 0 Å². The van der Waals surface area contributed by atoms with Gasteiger partial charge in [0.05, 0.1) is 29.1 Å². The van der Waals surface area contributed by atoms with Crippen molar-refractivity contribution in [3.05, 3.63) is 44.6 Å². The standard InChI is InChI=1S/C19H17Cl2N3O5S/c20-14-7-15(21)30-17(14)18(26)22-8-13-9-24(19(27)29-13)12-3-1-11(2-4-12)23-5-6-28-10-16(23)25/h1-4,7,13H,5-6,8-10H2,(H,22,26)/t13-/m0/s1. The number of nitrogens with zero attached hydrogens (tertiary/aromatic N) is 2. The number of ether oxygens (including phenoxy) is 2. The molecule has 3 amide bonds. The molecule has 2 aliphatic rings. The summed E-state index contributed by atoms with van der Waals surface area (Å²) in [5.41, 5.74) is 1.39. The summed E-state index contributed by atoms with van der Waals surface area (Å²) in [6.45, 7) is 1.48.